The van der Waals surface area contributed by atoms with Crippen LogP contribution in [0.2, 0.25) is 0 Å². The van der Waals surface area contributed by atoms with Gasteiger partial charge in [0.2, 0.25) is 5.91 Å². The number of rotatable bonds is 5. The van der Waals surface area contributed by atoms with Crippen molar-refractivity contribution in [3.8, 4) is 0 Å². The van der Waals surface area contributed by atoms with E-state index in [2.05, 4.69) is 12.2 Å². The van der Waals surface area contributed by atoms with Crippen LogP contribution < -0.4 is 9.62 Å². The fraction of sp³-hybridized carbons (Fsp3) is 0.316. The minimum Gasteiger partial charge on any atom is -0.324 e. The summed E-state index contributed by atoms with van der Waals surface area (Å²) in [5.74, 6) is 0.231. The Morgan fingerprint density at radius 3 is 2.46 bits per heavy atom. The number of hydrogen-bond acceptors (Lipinski definition) is 4. The number of thioether (sulfide) groups is 1. The average molecular weight is 391 g/mol. The summed E-state index contributed by atoms with van der Waals surface area (Å²) in [6.45, 7) is 5.76. The Hall–Kier alpha value is -1.99. The summed E-state index contributed by atoms with van der Waals surface area (Å²) in [5.41, 5.74) is 2.34. The summed E-state index contributed by atoms with van der Waals surface area (Å²) < 4.78 is 28.0. The molecule has 0 saturated heterocycles. The third-order valence-corrected chi connectivity index (χ3v) is 7.28. The Morgan fingerprint density at radius 2 is 1.85 bits per heavy atom. The van der Waals surface area contributed by atoms with E-state index in [4.69, 9.17) is 0 Å². The van der Waals surface area contributed by atoms with E-state index in [9.17, 15) is 13.2 Å². The summed E-state index contributed by atoms with van der Waals surface area (Å²) in [6.07, 6.45) is 0.900. The van der Waals surface area contributed by atoms with E-state index >= 15 is 0 Å². The molecule has 3 rings (SSSR count). The Kier molecular flexibility index (Phi) is 5.29. The lowest BCUT2D eigenvalue weighted by Crippen LogP contribution is -2.37. The maximum Gasteiger partial charge on any atom is 0.264 e. The van der Waals surface area contributed by atoms with Crippen LogP contribution in [0.5, 0.6) is 0 Å². The van der Waals surface area contributed by atoms with Crippen molar-refractivity contribution in [3.63, 3.8) is 0 Å². The molecule has 1 amide bonds. The van der Waals surface area contributed by atoms with Crippen LogP contribution in [0, 0.1) is 0 Å². The molecular weight excluding hydrogens is 368 g/mol. The van der Waals surface area contributed by atoms with Gasteiger partial charge in [-0.05, 0) is 56.2 Å². The molecule has 0 radical (unpaired) electrons. The van der Waals surface area contributed by atoms with Gasteiger partial charge in [0, 0.05) is 10.9 Å². The molecule has 0 aliphatic carbocycles. The predicted molar refractivity (Wildman–Crippen MR) is 106 cm³/mol. The van der Waals surface area contributed by atoms with Crippen molar-refractivity contribution in [1.82, 2.24) is 0 Å². The van der Waals surface area contributed by atoms with E-state index in [1.165, 1.54) is 16.1 Å². The summed E-state index contributed by atoms with van der Waals surface area (Å²) >= 11 is 1.41. The fourth-order valence-corrected chi connectivity index (χ4v) is 5.41. The first-order valence-corrected chi connectivity index (χ1v) is 11.0. The van der Waals surface area contributed by atoms with Crippen LogP contribution in [-0.4, -0.2) is 26.1 Å². The van der Waals surface area contributed by atoms with Crippen molar-refractivity contribution < 1.29 is 13.2 Å². The standard InChI is InChI=1S/C19H22N2O3S2/c1-4-14-5-7-15(8-6-14)21(13(2)3)26(23,24)16-9-10-18-17(11-16)20-19(22)12-25-18/h5-11,13H,4,12H2,1-3H3,(H,20,22). The molecular formula is C19H22N2O3S2. The number of nitrogens with zero attached hydrogens (tertiary/aromatic N) is 1. The number of carbonyl (C=O) groups is 1. The first-order chi connectivity index (χ1) is 12.3. The monoisotopic (exact) mass is 390 g/mol. The maximum absolute atomic E-state index is 13.3. The molecule has 1 aliphatic rings. The van der Waals surface area contributed by atoms with Gasteiger partial charge in [0.05, 0.1) is 22.0 Å². The predicted octanol–water partition coefficient (Wildman–Crippen LogP) is 3.90. The van der Waals surface area contributed by atoms with Crippen LogP contribution in [0.1, 0.15) is 26.3 Å². The van der Waals surface area contributed by atoms with Gasteiger partial charge in [-0.2, -0.15) is 0 Å². The van der Waals surface area contributed by atoms with Crippen molar-refractivity contribution in [2.75, 3.05) is 15.4 Å². The molecule has 138 valence electrons. The van der Waals surface area contributed by atoms with E-state index < -0.39 is 10.0 Å². The average Bonchev–Trinajstić information content (AvgIpc) is 2.61. The minimum atomic E-state index is -3.75. The van der Waals surface area contributed by atoms with Gasteiger partial charge < -0.3 is 5.32 Å². The molecule has 0 bridgehead atoms. The van der Waals surface area contributed by atoms with E-state index in [-0.39, 0.29) is 16.8 Å². The zero-order valence-electron chi connectivity index (χ0n) is 15.0. The molecule has 2 aromatic rings. The highest BCUT2D eigenvalue weighted by molar-refractivity contribution is 8.00. The van der Waals surface area contributed by atoms with Crippen molar-refractivity contribution in [2.45, 2.75) is 43.0 Å². The van der Waals surface area contributed by atoms with Gasteiger partial charge in [0.25, 0.3) is 10.0 Å². The first-order valence-electron chi connectivity index (χ1n) is 8.53. The van der Waals surface area contributed by atoms with E-state index in [0.717, 1.165) is 16.9 Å². The zero-order valence-corrected chi connectivity index (χ0v) is 16.7. The summed E-state index contributed by atoms with van der Waals surface area (Å²) in [6, 6.07) is 12.2. The normalized spacial score (nSPS) is 14.1. The molecule has 0 atom stereocenters. The third-order valence-electron chi connectivity index (χ3n) is 4.21. The number of fused-ring (bicyclic) bond motifs is 1. The smallest absolute Gasteiger partial charge is 0.264 e. The Bertz CT molecular complexity index is 922. The Balaban J connectivity index is 2.03. The molecule has 0 unspecified atom stereocenters. The summed E-state index contributed by atoms with van der Waals surface area (Å²) in [5, 5.41) is 2.75. The van der Waals surface area contributed by atoms with Crippen LogP contribution in [0.3, 0.4) is 0 Å². The number of benzene rings is 2. The second-order valence-electron chi connectivity index (χ2n) is 6.41. The van der Waals surface area contributed by atoms with Gasteiger partial charge in [-0.1, -0.05) is 19.1 Å². The number of aryl methyl sites for hydroxylation is 1. The highest BCUT2D eigenvalue weighted by atomic mass is 32.2. The molecule has 5 nitrogen and oxygen atoms in total. The van der Waals surface area contributed by atoms with Gasteiger partial charge in [0.1, 0.15) is 0 Å². The fourth-order valence-electron chi connectivity index (χ4n) is 2.93. The van der Waals surface area contributed by atoms with Gasteiger partial charge in [-0.15, -0.1) is 11.8 Å². The topological polar surface area (TPSA) is 66.5 Å². The van der Waals surface area contributed by atoms with Crippen molar-refractivity contribution in [2.24, 2.45) is 0 Å². The summed E-state index contributed by atoms with van der Waals surface area (Å²) in [4.78, 5) is 12.7. The molecule has 0 saturated carbocycles. The van der Waals surface area contributed by atoms with Crippen molar-refractivity contribution in [1.29, 1.82) is 0 Å². The zero-order chi connectivity index (χ0) is 18.9. The number of hydrogen-bond donors (Lipinski definition) is 1. The molecule has 0 spiro atoms. The molecule has 26 heavy (non-hydrogen) atoms. The highest BCUT2D eigenvalue weighted by Gasteiger charge is 2.29. The first kappa shape index (κ1) is 18.8. The minimum absolute atomic E-state index is 0.118. The molecule has 7 heteroatoms. The van der Waals surface area contributed by atoms with Gasteiger partial charge in [0.15, 0.2) is 0 Å². The summed E-state index contributed by atoms with van der Waals surface area (Å²) in [7, 11) is -3.75. The number of anilines is 2. The Morgan fingerprint density at radius 1 is 1.15 bits per heavy atom. The highest BCUT2D eigenvalue weighted by Crippen LogP contribution is 2.35. The second-order valence-corrected chi connectivity index (χ2v) is 9.24. The molecule has 1 N–H and O–H groups in total. The lowest BCUT2D eigenvalue weighted by molar-refractivity contribution is -0.113. The van der Waals surface area contributed by atoms with Gasteiger partial charge in [-0.25, -0.2) is 8.42 Å². The molecule has 0 fully saturated rings. The molecule has 0 aromatic heterocycles. The van der Waals surface area contributed by atoms with E-state index in [1.54, 1.807) is 18.2 Å². The molecule has 1 aliphatic heterocycles. The SMILES string of the molecule is CCc1ccc(N(C(C)C)S(=O)(=O)c2ccc3c(c2)NC(=O)CS3)cc1. The lowest BCUT2D eigenvalue weighted by atomic mass is 10.1. The van der Waals surface area contributed by atoms with Crippen molar-refractivity contribution >= 4 is 39.1 Å². The molecule has 2 aromatic carbocycles. The second kappa shape index (κ2) is 7.32. The van der Waals surface area contributed by atoms with Crippen LogP contribution in [0.15, 0.2) is 52.3 Å². The number of carbonyl (C=O) groups excluding carboxylic acids is 1. The van der Waals surface area contributed by atoms with E-state index in [1.807, 2.05) is 38.1 Å². The van der Waals surface area contributed by atoms with E-state index in [0.29, 0.717) is 17.1 Å². The van der Waals surface area contributed by atoms with Gasteiger partial charge in [-0.3, -0.25) is 9.10 Å². The number of sulfonamides is 1. The third kappa shape index (κ3) is 3.59. The Labute approximate surface area is 158 Å². The maximum atomic E-state index is 13.3. The van der Waals surface area contributed by atoms with Gasteiger partial charge >= 0.3 is 0 Å². The van der Waals surface area contributed by atoms with Crippen molar-refractivity contribution in [3.05, 3.63) is 48.0 Å². The van der Waals surface area contributed by atoms with Crippen LogP contribution in [0.4, 0.5) is 11.4 Å². The number of amides is 1. The van der Waals surface area contributed by atoms with Crippen LogP contribution in [-0.2, 0) is 21.2 Å². The number of nitrogens with one attached hydrogen (secondary N) is 1. The van der Waals surface area contributed by atoms with Crippen LogP contribution >= 0.6 is 11.8 Å². The largest absolute Gasteiger partial charge is 0.324 e. The van der Waals surface area contributed by atoms with Crippen LogP contribution in [0.25, 0.3) is 0 Å². The molecule has 1 heterocycles. The quantitative estimate of drug-likeness (QED) is 0.841. The lowest BCUT2D eigenvalue weighted by Gasteiger charge is -2.29.